The Kier molecular flexibility index (Phi) is 5.89. The van der Waals surface area contributed by atoms with Gasteiger partial charge in [0.2, 0.25) is 0 Å². The van der Waals surface area contributed by atoms with E-state index in [1.165, 1.54) is 6.20 Å². The summed E-state index contributed by atoms with van der Waals surface area (Å²) in [6.07, 6.45) is 3.49. The minimum absolute atomic E-state index is 0.0295. The van der Waals surface area contributed by atoms with Gasteiger partial charge in [0.25, 0.3) is 11.8 Å². The number of piperazine rings is 1. The lowest BCUT2D eigenvalue weighted by molar-refractivity contribution is 0.0664. The molecule has 22 heavy (non-hydrogen) atoms. The monoisotopic (exact) mass is 304 g/mol. The Hall–Kier alpha value is -1.95. The Morgan fingerprint density at radius 3 is 2.68 bits per heavy atom. The van der Waals surface area contributed by atoms with E-state index >= 15 is 0 Å². The van der Waals surface area contributed by atoms with Crippen molar-refractivity contribution in [2.75, 3.05) is 39.8 Å². The summed E-state index contributed by atoms with van der Waals surface area (Å²) in [5, 5.41) is 2.82. The Labute approximate surface area is 131 Å². The topological polar surface area (TPSA) is 65.5 Å². The molecule has 2 rings (SSSR count). The maximum Gasteiger partial charge on any atom is 0.269 e. The lowest BCUT2D eigenvalue weighted by Gasteiger charge is -2.32. The number of unbranched alkanes of at least 4 members (excludes halogenated alkanes) is 1. The number of aromatic nitrogens is 1. The van der Waals surface area contributed by atoms with E-state index in [0.717, 1.165) is 39.0 Å². The van der Waals surface area contributed by atoms with Crippen LogP contribution in [0.25, 0.3) is 0 Å². The fourth-order valence-corrected chi connectivity index (χ4v) is 2.35. The lowest BCUT2D eigenvalue weighted by atomic mass is 10.1. The quantitative estimate of drug-likeness (QED) is 0.824. The molecule has 1 aliphatic heterocycles. The first kappa shape index (κ1) is 16.4. The predicted molar refractivity (Wildman–Crippen MR) is 84.9 cm³/mol. The third kappa shape index (κ3) is 4.27. The molecule has 2 amide bonds. The summed E-state index contributed by atoms with van der Waals surface area (Å²) < 4.78 is 0. The number of nitrogens with one attached hydrogen (secondary N) is 1. The molecular weight excluding hydrogens is 280 g/mol. The van der Waals surface area contributed by atoms with Crippen molar-refractivity contribution in [1.82, 2.24) is 20.1 Å². The van der Waals surface area contributed by atoms with Gasteiger partial charge in [-0.1, -0.05) is 13.3 Å². The average molecular weight is 304 g/mol. The molecule has 1 aromatic heterocycles. The first-order valence-electron chi connectivity index (χ1n) is 7.84. The third-order valence-electron chi connectivity index (χ3n) is 3.85. The number of carbonyl (C=O) groups excluding carboxylic acids is 2. The summed E-state index contributed by atoms with van der Waals surface area (Å²) in [4.78, 5) is 32.6. The van der Waals surface area contributed by atoms with Gasteiger partial charge in [-0.15, -0.1) is 0 Å². The number of pyridine rings is 1. The molecule has 1 saturated heterocycles. The third-order valence-corrected chi connectivity index (χ3v) is 3.85. The number of rotatable bonds is 5. The van der Waals surface area contributed by atoms with Crippen molar-refractivity contribution >= 4 is 11.8 Å². The zero-order chi connectivity index (χ0) is 15.9. The highest BCUT2D eigenvalue weighted by molar-refractivity contribution is 5.98. The number of hydrogen-bond donors (Lipinski definition) is 1. The molecule has 1 N–H and O–H groups in total. The van der Waals surface area contributed by atoms with Crippen molar-refractivity contribution in [3.8, 4) is 0 Å². The predicted octanol–water partition coefficient (Wildman–Crippen LogP) is 0.999. The van der Waals surface area contributed by atoms with Gasteiger partial charge >= 0.3 is 0 Å². The molecule has 0 saturated carbocycles. The second kappa shape index (κ2) is 7.89. The van der Waals surface area contributed by atoms with E-state index in [1.54, 1.807) is 12.1 Å². The van der Waals surface area contributed by atoms with Crippen molar-refractivity contribution in [2.45, 2.75) is 19.8 Å². The fourth-order valence-electron chi connectivity index (χ4n) is 2.35. The smallest absolute Gasteiger partial charge is 0.269 e. The van der Waals surface area contributed by atoms with E-state index in [0.29, 0.717) is 17.8 Å². The average Bonchev–Trinajstić information content (AvgIpc) is 2.55. The van der Waals surface area contributed by atoms with Gasteiger partial charge in [-0.05, 0) is 25.6 Å². The van der Waals surface area contributed by atoms with Gasteiger partial charge in [-0.25, -0.2) is 0 Å². The summed E-state index contributed by atoms with van der Waals surface area (Å²) in [7, 11) is 2.05. The summed E-state index contributed by atoms with van der Waals surface area (Å²) in [6, 6.07) is 3.26. The highest BCUT2D eigenvalue weighted by atomic mass is 16.2. The molecule has 0 aliphatic carbocycles. The molecule has 6 nitrogen and oxygen atoms in total. The van der Waals surface area contributed by atoms with Crippen LogP contribution in [0.1, 0.15) is 40.6 Å². The van der Waals surface area contributed by atoms with Crippen LogP contribution in [0.15, 0.2) is 18.3 Å². The summed E-state index contributed by atoms with van der Waals surface area (Å²) in [6.45, 7) is 5.89. The Morgan fingerprint density at radius 2 is 2.00 bits per heavy atom. The fraction of sp³-hybridized carbons (Fsp3) is 0.562. The van der Waals surface area contributed by atoms with Crippen LogP contribution in [0.2, 0.25) is 0 Å². The number of hydrogen-bond acceptors (Lipinski definition) is 4. The van der Waals surface area contributed by atoms with Crippen LogP contribution in [0, 0.1) is 0 Å². The number of carbonyl (C=O) groups is 2. The Bertz CT molecular complexity index is 525. The molecule has 120 valence electrons. The molecule has 0 unspecified atom stereocenters. The van der Waals surface area contributed by atoms with Gasteiger partial charge in [0, 0.05) is 44.5 Å². The summed E-state index contributed by atoms with van der Waals surface area (Å²) >= 11 is 0. The van der Waals surface area contributed by atoms with E-state index in [4.69, 9.17) is 0 Å². The second-order valence-corrected chi connectivity index (χ2v) is 5.63. The minimum Gasteiger partial charge on any atom is -0.351 e. The lowest BCUT2D eigenvalue weighted by Crippen LogP contribution is -2.47. The molecule has 0 aromatic carbocycles. The van der Waals surface area contributed by atoms with Crippen molar-refractivity contribution in [2.24, 2.45) is 0 Å². The number of amides is 2. The van der Waals surface area contributed by atoms with E-state index in [1.807, 2.05) is 11.9 Å². The molecule has 1 fully saturated rings. The van der Waals surface area contributed by atoms with Gasteiger partial charge < -0.3 is 15.1 Å². The zero-order valence-corrected chi connectivity index (χ0v) is 13.3. The minimum atomic E-state index is -0.221. The van der Waals surface area contributed by atoms with Crippen molar-refractivity contribution in [3.63, 3.8) is 0 Å². The van der Waals surface area contributed by atoms with Gasteiger partial charge in [-0.2, -0.15) is 0 Å². The van der Waals surface area contributed by atoms with Crippen LogP contribution in [0.4, 0.5) is 0 Å². The van der Waals surface area contributed by atoms with Gasteiger partial charge in [-0.3, -0.25) is 14.6 Å². The molecular formula is C16H24N4O2. The van der Waals surface area contributed by atoms with E-state index < -0.39 is 0 Å². The molecule has 1 aliphatic rings. The maximum atomic E-state index is 12.5. The summed E-state index contributed by atoms with van der Waals surface area (Å²) in [5.41, 5.74) is 0.830. The van der Waals surface area contributed by atoms with Crippen LogP contribution >= 0.6 is 0 Å². The summed E-state index contributed by atoms with van der Waals surface area (Å²) in [5.74, 6) is -0.250. The molecule has 0 spiro atoms. The van der Waals surface area contributed by atoms with Crippen molar-refractivity contribution < 1.29 is 9.59 Å². The van der Waals surface area contributed by atoms with Crippen LogP contribution < -0.4 is 5.32 Å². The van der Waals surface area contributed by atoms with Gasteiger partial charge in [0.1, 0.15) is 5.69 Å². The standard InChI is InChI=1S/C16H24N4O2/c1-3-4-6-18-15(21)14-12-13(5-7-17-14)16(22)20-10-8-19(2)9-11-20/h5,7,12H,3-4,6,8-11H2,1-2H3,(H,18,21). The molecule has 2 heterocycles. The Balaban J connectivity index is 2.01. The maximum absolute atomic E-state index is 12.5. The molecule has 1 aromatic rings. The van der Waals surface area contributed by atoms with Gasteiger partial charge in [0.15, 0.2) is 0 Å². The Morgan fingerprint density at radius 1 is 1.27 bits per heavy atom. The van der Waals surface area contributed by atoms with Crippen LogP contribution in [-0.4, -0.2) is 66.4 Å². The number of nitrogens with zero attached hydrogens (tertiary/aromatic N) is 3. The second-order valence-electron chi connectivity index (χ2n) is 5.63. The number of likely N-dealkylation sites (N-methyl/N-ethyl adjacent to an activating group) is 1. The van der Waals surface area contributed by atoms with Crippen LogP contribution in [0.3, 0.4) is 0 Å². The molecule has 0 radical (unpaired) electrons. The first-order valence-corrected chi connectivity index (χ1v) is 7.84. The van der Waals surface area contributed by atoms with E-state index in [9.17, 15) is 9.59 Å². The largest absolute Gasteiger partial charge is 0.351 e. The zero-order valence-electron chi connectivity index (χ0n) is 13.3. The SMILES string of the molecule is CCCCNC(=O)c1cc(C(=O)N2CCN(C)CC2)ccn1. The van der Waals surface area contributed by atoms with Crippen molar-refractivity contribution in [3.05, 3.63) is 29.6 Å². The van der Waals surface area contributed by atoms with Crippen LogP contribution in [-0.2, 0) is 0 Å². The highest BCUT2D eigenvalue weighted by Gasteiger charge is 2.21. The van der Waals surface area contributed by atoms with Crippen LogP contribution in [0.5, 0.6) is 0 Å². The molecule has 6 heteroatoms. The first-order chi connectivity index (χ1) is 10.6. The van der Waals surface area contributed by atoms with Crippen molar-refractivity contribution in [1.29, 1.82) is 0 Å². The molecule has 0 bridgehead atoms. The van der Waals surface area contributed by atoms with E-state index in [2.05, 4.69) is 22.1 Å². The van der Waals surface area contributed by atoms with Gasteiger partial charge in [0.05, 0.1) is 0 Å². The normalized spacial score (nSPS) is 15.6. The highest BCUT2D eigenvalue weighted by Crippen LogP contribution is 2.09. The molecule has 0 atom stereocenters. The van der Waals surface area contributed by atoms with E-state index in [-0.39, 0.29) is 11.8 Å².